The van der Waals surface area contributed by atoms with Crippen molar-refractivity contribution < 1.29 is 18.3 Å². The number of anilines is 1. The standard InChI is InChI=1S/C23H14Cl2F2N2O2/c24-17-10-15(9-16(12-28)23(30)29-19-7-5-18(26)6-8-19)22(20(25)11-17)31-13-14-3-1-2-4-21(14)27/h1-11H,13H2,(H,29,30)/b16-9+. The van der Waals surface area contributed by atoms with E-state index in [1.165, 1.54) is 48.5 Å². The van der Waals surface area contributed by atoms with E-state index in [9.17, 15) is 18.8 Å². The van der Waals surface area contributed by atoms with Gasteiger partial charge in [0.2, 0.25) is 0 Å². The van der Waals surface area contributed by atoms with Gasteiger partial charge in [-0.05, 0) is 48.5 Å². The van der Waals surface area contributed by atoms with Crippen molar-refractivity contribution in [1.29, 1.82) is 5.26 Å². The number of halogens is 4. The van der Waals surface area contributed by atoms with Crippen LogP contribution in [0.2, 0.25) is 10.0 Å². The van der Waals surface area contributed by atoms with Crippen molar-refractivity contribution in [2.75, 3.05) is 5.32 Å². The normalized spacial score (nSPS) is 11.0. The lowest BCUT2D eigenvalue weighted by Gasteiger charge is -2.13. The van der Waals surface area contributed by atoms with Crippen molar-refractivity contribution in [3.63, 3.8) is 0 Å². The number of nitrogens with one attached hydrogen (secondary N) is 1. The quantitative estimate of drug-likeness (QED) is 0.343. The lowest BCUT2D eigenvalue weighted by molar-refractivity contribution is -0.112. The molecule has 0 radical (unpaired) electrons. The Bertz CT molecular complexity index is 1190. The molecule has 0 bridgehead atoms. The van der Waals surface area contributed by atoms with Gasteiger partial charge in [0, 0.05) is 21.8 Å². The second kappa shape index (κ2) is 10.1. The van der Waals surface area contributed by atoms with Gasteiger partial charge in [-0.15, -0.1) is 0 Å². The molecule has 0 unspecified atom stereocenters. The number of nitrogens with zero attached hydrogens (tertiary/aromatic N) is 1. The van der Waals surface area contributed by atoms with E-state index in [1.54, 1.807) is 24.3 Å². The zero-order valence-corrected chi connectivity index (χ0v) is 17.3. The van der Waals surface area contributed by atoms with Crippen molar-refractivity contribution in [3.05, 3.63) is 99.0 Å². The Labute approximate surface area is 187 Å². The van der Waals surface area contributed by atoms with Gasteiger partial charge in [0.1, 0.15) is 35.6 Å². The van der Waals surface area contributed by atoms with E-state index in [1.807, 2.05) is 0 Å². The number of nitriles is 1. The van der Waals surface area contributed by atoms with Crippen molar-refractivity contribution in [1.82, 2.24) is 0 Å². The predicted molar refractivity (Wildman–Crippen MR) is 116 cm³/mol. The highest BCUT2D eigenvalue weighted by Crippen LogP contribution is 2.34. The molecule has 3 rings (SSSR count). The molecular formula is C23H14Cl2F2N2O2. The minimum atomic E-state index is -0.717. The van der Waals surface area contributed by atoms with Crippen LogP contribution in [0.3, 0.4) is 0 Å². The Kier molecular flexibility index (Phi) is 7.24. The molecule has 156 valence electrons. The molecule has 4 nitrogen and oxygen atoms in total. The van der Waals surface area contributed by atoms with Gasteiger partial charge in [-0.1, -0.05) is 41.4 Å². The molecule has 0 aromatic heterocycles. The smallest absolute Gasteiger partial charge is 0.266 e. The molecule has 1 N–H and O–H groups in total. The second-order valence-corrected chi connectivity index (χ2v) is 7.16. The molecule has 0 atom stereocenters. The first kappa shape index (κ1) is 22.3. The molecule has 8 heteroatoms. The number of carbonyl (C=O) groups excluding carboxylic acids is 1. The van der Waals surface area contributed by atoms with Gasteiger partial charge in [0.15, 0.2) is 0 Å². The zero-order valence-electron chi connectivity index (χ0n) is 15.8. The highest BCUT2D eigenvalue weighted by Gasteiger charge is 2.15. The summed E-state index contributed by atoms with van der Waals surface area (Å²) in [5.74, 6) is -1.48. The summed E-state index contributed by atoms with van der Waals surface area (Å²) in [6.45, 7) is -0.126. The Hall–Kier alpha value is -3.40. The average Bonchev–Trinajstić information content (AvgIpc) is 2.74. The van der Waals surface area contributed by atoms with Crippen LogP contribution in [0.4, 0.5) is 14.5 Å². The van der Waals surface area contributed by atoms with E-state index < -0.39 is 17.5 Å². The summed E-state index contributed by atoms with van der Waals surface area (Å²) in [5.41, 5.74) is 0.615. The monoisotopic (exact) mass is 458 g/mol. The minimum Gasteiger partial charge on any atom is -0.487 e. The highest BCUT2D eigenvalue weighted by molar-refractivity contribution is 6.36. The summed E-state index contributed by atoms with van der Waals surface area (Å²) in [6.07, 6.45) is 1.26. The van der Waals surface area contributed by atoms with Crippen LogP contribution in [0.15, 0.2) is 66.2 Å². The third kappa shape index (κ3) is 5.82. The Balaban J connectivity index is 1.89. The van der Waals surface area contributed by atoms with Crippen LogP contribution < -0.4 is 10.1 Å². The number of benzene rings is 3. The van der Waals surface area contributed by atoms with Gasteiger partial charge < -0.3 is 10.1 Å². The molecule has 0 saturated heterocycles. The van der Waals surface area contributed by atoms with Gasteiger partial charge in [-0.3, -0.25) is 4.79 Å². The summed E-state index contributed by atoms with van der Waals surface area (Å²) in [5, 5.41) is 12.3. The largest absolute Gasteiger partial charge is 0.487 e. The number of hydrogen-bond acceptors (Lipinski definition) is 3. The maximum Gasteiger partial charge on any atom is 0.266 e. The molecule has 0 aliphatic carbocycles. The van der Waals surface area contributed by atoms with Crippen molar-refractivity contribution >= 4 is 40.9 Å². The van der Waals surface area contributed by atoms with E-state index in [-0.39, 0.29) is 33.5 Å². The maximum atomic E-state index is 13.9. The minimum absolute atomic E-state index is 0.126. The summed E-state index contributed by atoms with van der Waals surface area (Å²) >= 11 is 12.3. The third-order valence-corrected chi connectivity index (χ3v) is 4.63. The summed E-state index contributed by atoms with van der Waals surface area (Å²) < 4.78 is 32.6. The highest BCUT2D eigenvalue weighted by atomic mass is 35.5. The Morgan fingerprint density at radius 1 is 1.10 bits per heavy atom. The van der Waals surface area contributed by atoms with E-state index in [2.05, 4.69) is 5.32 Å². The first-order valence-electron chi connectivity index (χ1n) is 8.91. The van der Waals surface area contributed by atoms with E-state index in [0.29, 0.717) is 11.3 Å². The van der Waals surface area contributed by atoms with Crippen LogP contribution in [0.5, 0.6) is 5.75 Å². The molecule has 0 fully saturated rings. The van der Waals surface area contributed by atoms with Crippen LogP contribution in [0.1, 0.15) is 11.1 Å². The van der Waals surface area contributed by atoms with Gasteiger partial charge in [0.05, 0.1) is 5.02 Å². The Morgan fingerprint density at radius 2 is 1.81 bits per heavy atom. The predicted octanol–water partition coefficient (Wildman–Crippen LogP) is 6.40. The first-order valence-corrected chi connectivity index (χ1v) is 9.67. The molecule has 0 aliphatic rings. The number of amides is 1. The fraction of sp³-hybridized carbons (Fsp3) is 0.0435. The number of rotatable bonds is 6. The van der Waals surface area contributed by atoms with Crippen LogP contribution in [0, 0.1) is 23.0 Å². The molecule has 3 aromatic carbocycles. The topological polar surface area (TPSA) is 62.1 Å². The molecule has 0 heterocycles. The summed E-state index contributed by atoms with van der Waals surface area (Å²) in [7, 11) is 0. The van der Waals surface area contributed by atoms with Crippen molar-refractivity contribution in [2.24, 2.45) is 0 Å². The molecule has 3 aromatic rings. The van der Waals surface area contributed by atoms with Crippen molar-refractivity contribution in [2.45, 2.75) is 6.61 Å². The van der Waals surface area contributed by atoms with Gasteiger partial charge >= 0.3 is 0 Å². The van der Waals surface area contributed by atoms with Crippen LogP contribution in [0.25, 0.3) is 6.08 Å². The fourth-order valence-electron chi connectivity index (χ4n) is 2.64. The summed E-state index contributed by atoms with van der Waals surface area (Å²) in [4.78, 5) is 12.5. The SMILES string of the molecule is N#C/C(=C\c1cc(Cl)cc(Cl)c1OCc1ccccc1F)C(=O)Nc1ccc(F)cc1. The lowest BCUT2D eigenvalue weighted by atomic mass is 10.1. The molecule has 0 aliphatic heterocycles. The lowest BCUT2D eigenvalue weighted by Crippen LogP contribution is -2.13. The van der Waals surface area contributed by atoms with Crippen LogP contribution >= 0.6 is 23.2 Å². The van der Waals surface area contributed by atoms with E-state index in [4.69, 9.17) is 27.9 Å². The van der Waals surface area contributed by atoms with Crippen molar-refractivity contribution in [3.8, 4) is 11.8 Å². The van der Waals surface area contributed by atoms with E-state index >= 15 is 0 Å². The Morgan fingerprint density at radius 3 is 2.48 bits per heavy atom. The fourth-order valence-corrected chi connectivity index (χ4v) is 3.20. The molecule has 0 spiro atoms. The van der Waals surface area contributed by atoms with Gasteiger partial charge in [-0.25, -0.2) is 8.78 Å². The molecule has 1 amide bonds. The number of carbonyl (C=O) groups is 1. The van der Waals surface area contributed by atoms with Crippen LogP contribution in [-0.4, -0.2) is 5.91 Å². The number of ether oxygens (including phenoxy) is 1. The van der Waals surface area contributed by atoms with Gasteiger partial charge in [-0.2, -0.15) is 5.26 Å². The van der Waals surface area contributed by atoms with E-state index in [0.717, 1.165) is 0 Å². The number of hydrogen-bond donors (Lipinski definition) is 1. The van der Waals surface area contributed by atoms with Crippen LogP contribution in [-0.2, 0) is 11.4 Å². The molecular weight excluding hydrogens is 445 g/mol. The maximum absolute atomic E-state index is 13.9. The molecule has 31 heavy (non-hydrogen) atoms. The summed E-state index contributed by atoms with van der Waals surface area (Å²) in [6, 6.07) is 15.9. The first-order chi connectivity index (χ1) is 14.9. The average molecular weight is 459 g/mol. The third-order valence-electron chi connectivity index (χ3n) is 4.13. The zero-order chi connectivity index (χ0) is 22.4. The second-order valence-electron chi connectivity index (χ2n) is 6.32. The van der Waals surface area contributed by atoms with Gasteiger partial charge in [0.25, 0.3) is 5.91 Å². The molecule has 0 saturated carbocycles.